The van der Waals surface area contributed by atoms with E-state index >= 15 is 0 Å². The van der Waals surface area contributed by atoms with Gasteiger partial charge in [-0.05, 0) is 33.6 Å². The number of hydrogen-bond acceptors (Lipinski definition) is 3. The summed E-state index contributed by atoms with van der Waals surface area (Å²) in [6, 6.07) is 4.73. The fraction of sp³-hybridized carbons (Fsp3) is 0.455. The van der Waals surface area contributed by atoms with E-state index in [-0.39, 0.29) is 0 Å². The molecule has 0 radical (unpaired) electrons. The highest BCUT2D eigenvalue weighted by Gasteiger charge is 2.27. The van der Waals surface area contributed by atoms with Crippen molar-refractivity contribution in [3.8, 4) is 5.75 Å². The van der Waals surface area contributed by atoms with Gasteiger partial charge in [0, 0.05) is 0 Å². The number of ether oxygens (including phenoxy) is 2. The van der Waals surface area contributed by atoms with Gasteiger partial charge in [-0.15, -0.1) is 0 Å². The van der Waals surface area contributed by atoms with Crippen molar-refractivity contribution in [2.24, 2.45) is 0 Å². The van der Waals surface area contributed by atoms with Gasteiger partial charge < -0.3 is 14.6 Å². The Labute approximate surface area is 111 Å². The van der Waals surface area contributed by atoms with Crippen LogP contribution in [0.2, 0.25) is 0 Å². The third-order valence-corrected chi connectivity index (χ3v) is 2.72. The molecule has 1 unspecified atom stereocenters. The second-order valence-electron chi connectivity index (χ2n) is 3.54. The predicted octanol–water partition coefficient (Wildman–Crippen LogP) is 3.07. The van der Waals surface area contributed by atoms with E-state index in [1.165, 1.54) is 7.11 Å². The lowest BCUT2D eigenvalue weighted by Gasteiger charge is -2.14. The fourth-order valence-electron chi connectivity index (χ4n) is 1.27. The molecular formula is C11H12BrF3O3. The summed E-state index contributed by atoms with van der Waals surface area (Å²) in [5.41, 5.74) is 0.449. The SMILES string of the molecule is COc1ccc(C(O)COCC(F)(F)F)cc1Br. The molecule has 0 aliphatic heterocycles. The van der Waals surface area contributed by atoms with Crippen LogP contribution < -0.4 is 4.74 Å². The highest BCUT2D eigenvalue weighted by molar-refractivity contribution is 9.10. The molecule has 0 heterocycles. The highest BCUT2D eigenvalue weighted by Crippen LogP contribution is 2.28. The summed E-state index contributed by atoms with van der Waals surface area (Å²) in [7, 11) is 1.49. The van der Waals surface area contributed by atoms with Crippen molar-refractivity contribution in [2.75, 3.05) is 20.3 Å². The molecule has 1 aromatic rings. The van der Waals surface area contributed by atoms with Crippen LogP contribution in [0, 0.1) is 0 Å². The van der Waals surface area contributed by atoms with Crippen molar-refractivity contribution < 1.29 is 27.8 Å². The van der Waals surface area contributed by atoms with Gasteiger partial charge in [-0.2, -0.15) is 13.2 Å². The van der Waals surface area contributed by atoms with Crippen molar-refractivity contribution >= 4 is 15.9 Å². The Morgan fingerprint density at radius 3 is 2.56 bits per heavy atom. The zero-order valence-electron chi connectivity index (χ0n) is 9.50. The Hall–Kier alpha value is -0.790. The van der Waals surface area contributed by atoms with Gasteiger partial charge in [-0.3, -0.25) is 0 Å². The largest absolute Gasteiger partial charge is 0.496 e. The van der Waals surface area contributed by atoms with Crippen LogP contribution in [0.25, 0.3) is 0 Å². The van der Waals surface area contributed by atoms with Crippen LogP contribution in [0.5, 0.6) is 5.75 Å². The molecule has 1 atom stereocenters. The van der Waals surface area contributed by atoms with Crippen molar-refractivity contribution in [3.05, 3.63) is 28.2 Å². The highest BCUT2D eigenvalue weighted by atomic mass is 79.9. The number of aliphatic hydroxyl groups is 1. The number of methoxy groups -OCH3 is 1. The van der Waals surface area contributed by atoms with Gasteiger partial charge >= 0.3 is 6.18 Å². The molecule has 0 saturated heterocycles. The van der Waals surface area contributed by atoms with E-state index in [9.17, 15) is 18.3 Å². The minimum atomic E-state index is -4.39. The molecule has 0 amide bonds. The normalized spacial score (nSPS) is 13.4. The minimum absolute atomic E-state index is 0.418. The Morgan fingerprint density at radius 1 is 1.39 bits per heavy atom. The third-order valence-electron chi connectivity index (χ3n) is 2.10. The molecule has 1 rings (SSSR count). The van der Waals surface area contributed by atoms with Gasteiger partial charge in [0.1, 0.15) is 18.5 Å². The van der Waals surface area contributed by atoms with Gasteiger partial charge in [0.25, 0.3) is 0 Å². The molecule has 0 aromatic heterocycles. The van der Waals surface area contributed by atoms with E-state index in [4.69, 9.17) is 4.74 Å². The first-order chi connectivity index (χ1) is 8.33. The molecule has 0 bridgehead atoms. The maximum absolute atomic E-state index is 11.8. The van der Waals surface area contributed by atoms with E-state index < -0.39 is 25.5 Å². The summed E-state index contributed by atoms with van der Waals surface area (Å²) in [5, 5.41) is 9.65. The molecule has 18 heavy (non-hydrogen) atoms. The van der Waals surface area contributed by atoms with E-state index in [0.717, 1.165) is 0 Å². The first kappa shape index (κ1) is 15.3. The molecular weight excluding hydrogens is 317 g/mol. The molecule has 0 spiro atoms. The van der Waals surface area contributed by atoms with Crippen molar-refractivity contribution in [1.82, 2.24) is 0 Å². The minimum Gasteiger partial charge on any atom is -0.496 e. The van der Waals surface area contributed by atoms with Gasteiger partial charge in [0.15, 0.2) is 0 Å². The molecule has 1 aromatic carbocycles. The zero-order valence-corrected chi connectivity index (χ0v) is 11.1. The molecule has 102 valence electrons. The number of benzene rings is 1. The van der Waals surface area contributed by atoms with E-state index in [2.05, 4.69) is 20.7 Å². The smallest absolute Gasteiger partial charge is 0.411 e. The van der Waals surface area contributed by atoms with Crippen LogP contribution in [0.15, 0.2) is 22.7 Å². The van der Waals surface area contributed by atoms with E-state index in [1.807, 2.05) is 0 Å². The predicted molar refractivity (Wildman–Crippen MR) is 62.5 cm³/mol. The number of hydrogen-bond donors (Lipinski definition) is 1. The first-order valence-electron chi connectivity index (χ1n) is 4.99. The number of halogens is 4. The molecule has 0 aliphatic carbocycles. The van der Waals surface area contributed by atoms with Crippen molar-refractivity contribution in [3.63, 3.8) is 0 Å². The Bertz CT molecular complexity index is 396. The van der Waals surface area contributed by atoms with Gasteiger partial charge in [-0.1, -0.05) is 6.07 Å². The molecule has 0 saturated carbocycles. The molecule has 0 fully saturated rings. The maximum atomic E-state index is 11.8. The summed E-state index contributed by atoms with van der Waals surface area (Å²) >= 11 is 3.22. The van der Waals surface area contributed by atoms with Gasteiger partial charge in [0.2, 0.25) is 0 Å². The van der Waals surface area contributed by atoms with Gasteiger partial charge in [-0.25, -0.2) is 0 Å². The van der Waals surface area contributed by atoms with E-state index in [0.29, 0.717) is 15.8 Å². The molecule has 3 nitrogen and oxygen atoms in total. The van der Waals surface area contributed by atoms with Crippen molar-refractivity contribution in [2.45, 2.75) is 12.3 Å². The standard InChI is InChI=1S/C11H12BrF3O3/c1-17-10-3-2-7(4-8(10)12)9(16)5-18-6-11(13,14)15/h2-4,9,16H,5-6H2,1H3. The number of aliphatic hydroxyl groups excluding tert-OH is 1. The summed E-state index contributed by atoms with van der Waals surface area (Å²) in [6.07, 6.45) is -5.50. The summed E-state index contributed by atoms with van der Waals surface area (Å²) in [4.78, 5) is 0. The van der Waals surface area contributed by atoms with Gasteiger partial charge in [0.05, 0.1) is 18.2 Å². The van der Waals surface area contributed by atoms with Crippen LogP contribution in [-0.2, 0) is 4.74 Å². The average Bonchev–Trinajstić information content (AvgIpc) is 2.27. The zero-order chi connectivity index (χ0) is 13.8. The van der Waals surface area contributed by atoms with Crippen LogP contribution >= 0.6 is 15.9 Å². The molecule has 7 heteroatoms. The van der Waals surface area contributed by atoms with Crippen LogP contribution in [0.4, 0.5) is 13.2 Å². The molecule has 0 aliphatic rings. The third kappa shape index (κ3) is 4.83. The Morgan fingerprint density at radius 2 is 2.06 bits per heavy atom. The Balaban J connectivity index is 2.56. The van der Waals surface area contributed by atoms with Crippen molar-refractivity contribution in [1.29, 1.82) is 0 Å². The number of alkyl halides is 3. The lowest BCUT2D eigenvalue weighted by atomic mass is 10.1. The Kier molecular flexibility index (Phi) is 5.43. The quantitative estimate of drug-likeness (QED) is 0.902. The second-order valence-corrected chi connectivity index (χ2v) is 4.39. The maximum Gasteiger partial charge on any atom is 0.411 e. The number of rotatable bonds is 5. The van der Waals surface area contributed by atoms with Crippen LogP contribution in [0.1, 0.15) is 11.7 Å². The van der Waals surface area contributed by atoms with Crippen LogP contribution in [-0.4, -0.2) is 31.6 Å². The fourth-order valence-corrected chi connectivity index (χ4v) is 1.83. The summed E-state index contributed by atoms with van der Waals surface area (Å²) in [5.74, 6) is 0.571. The monoisotopic (exact) mass is 328 g/mol. The topological polar surface area (TPSA) is 38.7 Å². The lowest BCUT2D eigenvalue weighted by Crippen LogP contribution is -2.19. The average molecular weight is 329 g/mol. The van der Waals surface area contributed by atoms with E-state index in [1.54, 1.807) is 18.2 Å². The first-order valence-corrected chi connectivity index (χ1v) is 5.79. The molecule has 1 N–H and O–H groups in total. The lowest BCUT2D eigenvalue weighted by molar-refractivity contribution is -0.179. The van der Waals surface area contributed by atoms with Crippen LogP contribution in [0.3, 0.4) is 0 Å². The summed E-state index contributed by atoms with van der Waals surface area (Å²) in [6.45, 7) is -1.79. The second kappa shape index (κ2) is 6.40. The summed E-state index contributed by atoms with van der Waals surface area (Å²) < 4.78 is 45.5.